The summed E-state index contributed by atoms with van der Waals surface area (Å²) in [5, 5.41) is 27.5. The van der Waals surface area contributed by atoms with Gasteiger partial charge in [0, 0.05) is 6.42 Å². The molecule has 6 heteroatoms. The quantitative estimate of drug-likeness (QED) is 0.639. The van der Waals surface area contributed by atoms with E-state index in [9.17, 15) is 14.7 Å². The Labute approximate surface area is 116 Å². The second-order valence-corrected chi connectivity index (χ2v) is 4.29. The van der Waals surface area contributed by atoms with E-state index in [0.29, 0.717) is 24.2 Å². The number of hydrogen-bond acceptors (Lipinski definition) is 5. The topological polar surface area (TPSA) is 104 Å². The fourth-order valence-electron chi connectivity index (χ4n) is 1.81. The lowest BCUT2D eigenvalue weighted by molar-refractivity contribution is -0.147. The molecule has 110 valence electrons. The highest BCUT2D eigenvalue weighted by Gasteiger charge is 2.17. The van der Waals surface area contributed by atoms with Crippen molar-refractivity contribution >= 4 is 11.9 Å². The highest BCUT2D eigenvalue weighted by molar-refractivity contribution is 5.74. The summed E-state index contributed by atoms with van der Waals surface area (Å²) in [6, 6.07) is 4.60. The summed E-state index contributed by atoms with van der Waals surface area (Å²) >= 11 is 0. The molecule has 1 atom stereocenters. The smallest absolute Gasteiger partial charge is 0.337 e. The second kappa shape index (κ2) is 7.62. The Bertz CT molecular complexity index is 483. The van der Waals surface area contributed by atoms with Crippen LogP contribution in [-0.2, 0) is 27.4 Å². The van der Waals surface area contributed by atoms with Crippen LogP contribution in [-0.4, -0.2) is 33.9 Å². The third-order valence-electron chi connectivity index (χ3n) is 2.73. The minimum absolute atomic E-state index is 0.158. The van der Waals surface area contributed by atoms with Gasteiger partial charge in [0.25, 0.3) is 0 Å². The number of ether oxygens (including phenoxy) is 1. The van der Waals surface area contributed by atoms with E-state index in [4.69, 9.17) is 14.9 Å². The van der Waals surface area contributed by atoms with Crippen molar-refractivity contribution in [2.45, 2.75) is 32.5 Å². The van der Waals surface area contributed by atoms with E-state index >= 15 is 0 Å². The van der Waals surface area contributed by atoms with Gasteiger partial charge < -0.3 is 20.1 Å². The molecule has 0 radical (unpaired) electrons. The Morgan fingerprint density at radius 3 is 2.45 bits per heavy atom. The van der Waals surface area contributed by atoms with Crippen LogP contribution in [0.15, 0.2) is 18.2 Å². The zero-order chi connectivity index (χ0) is 15.1. The van der Waals surface area contributed by atoms with Gasteiger partial charge in [-0.1, -0.05) is 18.2 Å². The van der Waals surface area contributed by atoms with Gasteiger partial charge in [0.15, 0.2) is 6.10 Å². The second-order valence-electron chi connectivity index (χ2n) is 4.29. The van der Waals surface area contributed by atoms with Gasteiger partial charge in [0.05, 0.1) is 13.2 Å². The molecule has 0 aliphatic rings. The molecule has 6 nitrogen and oxygen atoms in total. The maximum Gasteiger partial charge on any atom is 0.337 e. The number of carboxylic acid groups (broad SMARTS) is 1. The number of hydrogen-bond donors (Lipinski definition) is 3. The van der Waals surface area contributed by atoms with Crippen molar-refractivity contribution in [1.29, 1.82) is 0 Å². The van der Waals surface area contributed by atoms with Crippen molar-refractivity contribution in [3.05, 3.63) is 34.9 Å². The fourth-order valence-corrected chi connectivity index (χ4v) is 1.81. The molecular formula is C14H18O6. The molecule has 0 saturated carbocycles. The Balaban J connectivity index is 2.87. The number of aryl methyl sites for hydroxylation is 1. The van der Waals surface area contributed by atoms with E-state index < -0.39 is 12.1 Å². The average molecular weight is 282 g/mol. The number of esters is 1. The maximum atomic E-state index is 11.3. The molecule has 0 aliphatic carbocycles. The zero-order valence-electron chi connectivity index (χ0n) is 11.2. The SMILES string of the molecule is CCOC(=O)CCc1cc(CO)cc(C(O)C(=O)O)c1. The van der Waals surface area contributed by atoms with Gasteiger partial charge in [-0.05, 0) is 30.0 Å². The molecule has 1 unspecified atom stereocenters. The molecule has 3 N–H and O–H groups in total. The predicted octanol–water partition coefficient (Wildman–Crippen LogP) is 0.793. The van der Waals surface area contributed by atoms with Gasteiger partial charge in [0.1, 0.15) is 0 Å². The largest absolute Gasteiger partial charge is 0.479 e. The fraction of sp³-hybridized carbons (Fsp3) is 0.429. The van der Waals surface area contributed by atoms with Gasteiger partial charge in [-0.15, -0.1) is 0 Å². The van der Waals surface area contributed by atoms with E-state index in [1.54, 1.807) is 13.0 Å². The minimum Gasteiger partial charge on any atom is -0.479 e. The highest BCUT2D eigenvalue weighted by Crippen LogP contribution is 2.19. The van der Waals surface area contributed by atoms with E-state index in [1.165, 1.54) is 12.1 Å². The minimum atomic E-state index is -1.65. The summed E-state index contributed by atoms with van der Waals surface area (Å²) in [4.78, 5) is 22.1. The molecule has 0 saturated heterocycles. The molecule has 0 fully saturated rings. The van der Waals surface area contributed by atoms with Crippen LogP contribution in [0.5, 0.6) is 0 Å². The molecule has 0 amide bonds. The van der Waals surface area contributed by atoms with E-state index in [0.717, 1.165) is 0 Å². The van der Waals surface area contributed by atoms with Gasteiger partial charge in [-0.25, -0.2) is 4.79 Å². The van der Waals surface area contributed by atoms with Crippen molar-refractivity contribution in [3.8, 4) is 0 Å². The van der Waals surface area contributed by atoms with Crippen molar-refractivity contribution in [2.24, 2.45) is 0 Å². The first kappa shape index (κ1) is 16.1. The number of rotatable bonds is 7. The van der Waals surface area contributed by atoms with Crippen LogP contribution in [0.3, 0.4) is 0 Å². The Hall–Kier alpha value is -1.92. The lowest BCUT2D eigenvalue weighted by Gasteiger charge is -2.11. The first-order valence-corrected chi connectivity index (χ1v) is 6.28. The number of carbonyl (C=O) groups excluding carboxylic acids is 1. The van der Waals surface area contributed by atoms with Crippen LogP contribution in [0.2, 0.25) is 0 Å². The highest BCUT2D eigenvalue weighted by atomic mass is 16.5. The molecule has 1 aromatic rings. The van der Waals surface area contributed by atoms with Crippen LogP contribution in [0, 0.1) is 0 Å². The lowest BCUT2D eigenvalue weighted by Crippen LogP contribution is -2.12. The molecule has 1 rings (SSSR count). The molecule has 0 spiro atoms. The third kappa shape index (κ3) is 4.64. The van der Waals surface area contributed by atoms with E-state index in [1.807, 2.05) is 0 Å². The Morgan fingerprint density at radius 2 is 1.90 bits per heavy atom. The summed E-state index contributed by atoms with van der Waals surface area (Å²) in [7, 11) is 0. The number of aliphatic hydroxyl groups excluding tert-OH is 2. The first-order chi connectivity index (χ1) is 9.47. The third-order valence-corrected chi connectivity index (χ3v) is 2.73. The van der Waals surface area contributed by atoms with Crippen LogP contribution in [0.1, 0.15) is 36.1 Å². The summed E-state index contributed by atoms with van der Waals surface area (Å²) in [5.74, 6) is -1.71. The maximum absolute atomic E-state index is 11.3. The molecule has 0 aliphatic heterocycles. The normalized spacial score (nSPS) is 11.9. The number of carboxylic acids is 1. The molecule has 0 aromatic heterocycles. The molecule has 0 heterocycles. The van der Waals surface area contributed by atoms with Gasteiger partial charge in [-0.3, -0.25) is 4.79 Å². The Morgan fingerprint density at radius 1 is 1.25 bits per heavy atom. The molecule has 1 aromatic carbocycles. The van der Waals surface area contributed by atoms with Crippen molar-refractivity contribution in [2.75, 3.05) is 6.61 Å². The van der Waals surface area contributed by atoms with Crippen LogP contribution in [0.4, 0.5) is 0 Å². The number of benzene rings is 1. The van der Waals surface area contributed by atoms with Crippen molar-refractivity contribution in [3.63, 3.8) is 0 Å². The summed E-state index contributed by atoms with van der Waals surface area (Å²) in [6.07, 6.45) is -1.14. The van der Waals surface area contributed by atoms with Crippen LogP contribution in [0.25, 0.3) is 0 Å². The van der Waals surface area contributed by atoms with E-state index in [2.05, 4.69) is 0 Å². The predicted molar refractivity (Wildman–Crippen MR) is 69.9 cm³/mol. The van der Waals surface area contributed by atoms with Gasteiger partial charge in [-0.2, -0.15) is 0 Å². The summed E-state index contributed by atoms with van der Waals surface area (Å²) in [6.45, 7) is 1.75. The average Bonchev–Trinajstić information content (AvgIpc) is 2.44. The Kier molecular flexibility index (Phi) is 6.14. The van der Waals surface area contributed by atoms with Crippen LogP contribution < -0.4 is 0 Å². The standard InChI is InChI=1S/C14H18O6/c1-2-20-12(16)4-3-9-5-10(8-15)7-11(6-9)13(17)14(18)19/h5-7,13,15,17H,2-4,8H2,1H3,(H,18,19). The molecular weight excluding hydrogens is 264 g/mol. The monoisotopic (exact) mass is 282 g/mol. The van der Waals surface area contributed by atoms with Gasteiger partial charge in [0.2, 0.25) is 0 Å². The van der Waals surface area contributed by atoms with Crippen molar-refractivity contribution < 1.29 is 29.6 Å². The van der Waals surface area contributed by atoms with E-state index in [-0.39, 0.29) is 24.6 Å². The first-order valence-electron chi connectivity index (χ1n) is 6.28. The van der Waals surface area contributed by atoms with Gasteiger partial charge >= 0.3 is 11.9 Å². The number of aliphatic carboxylic acids is 1. The number of aliphatic hydroxyl groups is 2. The zero-order valence-corrected chi connectivity index (χ0v) is 11.2. The number of carbonyl (C=O) groups is 2. The van der Waals surface area contributed by atoms with Crippen molar-refractivity contribution in [1.82, 2.24) is 0 Å². The van der Waals surface area contributed by atoms with Crippen LogP contribution >= 0.6 is 0 Å². The molecule has 20 heavy (non-hydrogen) atoms. The summed E-state index contributed by atoms with van der Waals surface area (Å²) in [5.41, 5.74) is 1.34. The lowest BCUT2D eigenvalue weighted by atomic mass is 9.99. The summed E-state index contributed by atoms with van der Waals surface area (Å²) < 4.78 is 4.80. The molecule has 0 bridgehead atoms.